The van der Waals surface area contributed by atoms with Crippen molar-refractivity contribution in [2.75, 3.05) is 11.1 Å². The minimum Gasteiger partial charge on any atom is -0.345 e. The van der Waals surface area contributed by atoms with E-state index < -0.39 is 29.0 Å². The van der Waals surface area contributed by atoms with Gasteiger partial charge in [0.05, 0.1) is 23.4 Å². The summed E-state index contributed by atoms with van der Waals surface area (Å²) in [7, 11) is 0. The predicted molar refractivity (Wildman–Crippen MR) is 130 cm³/mol. The maximum atomic E-state index is 13.3. The molecule has 0 saturated heterocycles. The summed E-state index contributed by atoms with van der Waals surface area (Å²) in [6.07, 6.45) is -4.68. The lowest BCUT2D eigenvalue weighted by atomic mass is 10.1. The number of aromatic nitrogens is 3. The van der Waals surface area contributed by atoms with Crippen LogP contribution in [0.4, 0.5) is 23.2 Å². The first kappa shape index (κ1) is 25.9. The lowest BCUT2D eigenvalue weighted by Gasteiger charge is -2.13. The number of nitrogens with zero attached hydrogens (tertiary/aromatic N) is 3. The number of para-hydroxylation sites is 1. The summed E-state index contributed by atoms with van der Waals surface area (Å²) in [6.45, 7) is -0.213. The van der Waals surface area contributed by atoms with Gasteiger partial charge in [0.25, 0.3) is 5.91 Å². The summed E-state index contributed by atoms with van der Waals surface area (Å²) in [5, 5.41) is 13.6. The molecule has 0 radical (unpaired) electrons. The maximum Gasteiger partial charge on any atom is 0.417 e. The van der Waals surface area contributed by atoms with Crippen molar-refractivity contribution in [1.82, 2.24) is 20.1 Å². The number of hydrogen-bond acceptors (Lipinski definition) is 5. The Hall–Kier alpha value is -4.19. The van der Waals surface area contributed by atoms with Crippen molar-refractivity contribution >= 4 is 29.3 Å². The molecule has 0 aliphatic rings. The third kappa shape index (κ3) is 6.53. The summed E-state index contributed by atoms with van der Waals surface area (Å²) >= 11 is 1.07. The molecule has 2 amide bonds. The van der Waals surface area contributed by atoms with Crippen molar-refractivity contribution in [3.63, 3.8) is 0 Å². The molecular weight excluding hydrogens is 510 g/mol. The Bertz CT molecular complexity index is 1390. The fourth-order valence-electron chi connectivity index (χ4n) is 3.39. The highest BCUT2D eigenvalue weighted by molar-refractivity contribution is 7.99. The summed E-state index contributed by atoms with van der Waals surface area (Å²) in [4.78, 5) is 25.0. The monoisotopic (exact) mass is 529 g/mol. The van der Waals surface area contributed by atoms with Gasteiger partial charge in [0, 0.05) is 11.4 Å². The molecule has 4 rings (SSSR count). The van der Waals surface area contributed by atoms with Crippen LogP contribution in [0.3, 0.4) is 0 Å². The number of rotatable bonds is 8. The molecule has 1 aromatic heterocycles. The van der Waals surface area contributed by atoms with E-state index in [0.717, 1.165) is 23.9 Å². The van der Waals surface area contributed by atoms with Gasteiger partial charge in [-0.15, -0.1) is 10.2 Å². The van der Waals surface area contributed by atoms with Crippen LogP contribution in [0.15, 0.2) is 84.0 Å². The van der Waals surface area contributed by atoms with Gasteiger partial charge in [-0.3, -0.25) is 14.2 Å². The zero-order valence-electron chi connectivity index (χ0n) is 19.0. The van der Waals surface area contributed by atoms with E-state index in [1.807, 2.05) is 0 Å². The molecule has 2 N–H and O–H groups in total. The molecule has 190 valence electrons. The van der Waals surface area contributed by atoms with Crippen molar-refractivity contribution in [3.05, 3.63) is 102 Å². The normalized spacial score (nSPS) is 11.2. The highest BCUT2D eigenvalue weighted by atomic mass is 32.2. The first-order valence-electron chi connectivity index (χ1n) is 10.8. The van der Waals surface area contributed by atoms with Gasteiger partial charge in [0.15, 0.2) is 11.0 Å². The molecule has 0 fully saturated rings. The Labute approximate surface area is 212 Å². The van der Waals surface area contributed by atoms with E-state index in [9.17, 15) is 27.2 Å². The quantitative estimate of drug-likeness (QED) is 0.245. The number of halogens is 4. The molecule has 0 bridgehead atoms. The molecule has 3 aromatic carbocycles. The van der Waals surface area contributed by atoms with Gasteiger partial charge in [-0.1, -0.05) is 42.1 Å². The highest BCUT2D eigenvalue weighted by Crippen LogP contribution is 2.32. The van der Waals surface area contributed by atoms with Gasteiger partial charge in [-0.05, 0) is 48.5 Å². The minimum absolute atomic E-state index is 0.0480. The lowest BCUT2D eigenvalue weighted by molar-refractivity contribution is -0.138. The summed E-state index contributed by atoms with van der Waals surface area (Å²) < 4.78 is 54.6. The second-order valence-electron chi connectivity index (χ2n) is 7.64. The van der Waals surface area contributed by atoms with Crippen molar-refractivity contribution in [2.24, 2.45) is 0 Å². The predicted octanol–water partition coefficient (Wildman–Crippen LogP) is 5.09. The lowest BCUT2D eigenvalue weighted by Crippen LogP contribution is -2.27. The average molecular weight is 530 g/mol. The first-order valence-corrected chi connectivity index (χ1v) is 11.8. The number of amides is 2. The van der Waals surface area contributed by atoms with Crippen molar-refractivity contribution in [2.45, 2.75) is 17.9 Å². The van der Waals surface area contributed by atoms with Gasteiger partial charge in [0.1, 0.15) is 5.82 Å². The van der Waals surface area contributed by atoms with E-state index in [1.165, 1.54) is 36.4 Å². The van der Waals surface area contributed by atoms with Crippen LogP contribution >= 0.6 is 11.8 Å². The number of thioether (sulfide) groups is 1. The number of anilines is 1. The van der Waals surface area contributed by atoms with E-state index >= 15 is 0 Å². The molecule has 0 aliphatic carbocycles. The van der Waals surface area contributed by atoms with E-state index in [1.54, 1.807) is 34.9 Å². The van der Waals surface area contributed by atoms with E-state index in [-0.39, 0.29) is 24.0 Å². The van der Waals surface area contributed by atoms with Gasteiger partial charge in [-0.25, -0.2) is 4.39 Å². The Kier molecular flexibility index (Phi) is 7.87. The molecule has 0 saturated carbocycles. The van der Waals surface area contributed by atoms with Crippen LogP contribution in [-0.4, -0.2) is 32.3 Å². The van der Waals surface area contributed by atoms with Crippen LogP contribution < -0.4 is 10.6 Å². The number of carbonyl (C=O) groups excluding carboxylic acids is 2. The molecule has 0 atom stereocenters. The molecule has 0 aliphatic heterocycles. The largest absolute Gasteiger partial charge is 0.417 e. The van der Waals surface area contributed by atoms with Crippen LogP contribution in [0.2, 0.25) is 0 Å². The SMILES string of the molecule is O=C(CSc1nnc(CNC(=O)c2ccccc2C(F)(F)F)n1-c1ccccc1)Nc1ccc(F)cc1. The minimum atomic E-state index is -4.68. The Morgan fingerprint density at radius 3 is 2.27 bits per heavy atom. The van der Waals surface area contributed by atoms with Crippen molar-refractivity contribution < 1.29 is 27.2 Å². The molecule has 4 aromatic rings. The zero-order valence-corrected chi connectivity index (χ0v) is 19.8. The van der Waals surface area contributed by atoms with Gasteiger partial charge in [-0.2, -0.15) is 13.2 Å². The molecule has 7 nitrogen and oxygen atoms in total. The molecule has 12 heteroatoms. The third-order valence-electron chi connectivity index (χ3n) is 5.06. The Balaban J connectivity index is 1.50. The Morgan fingerprint density at radius 2 is 1.57 bits per heavy atom. The van der Waals surface area contributed by atoms with E-state index in [0.29, 0.717) is 16.5 Å². The van der Waals surface area contributed by atoms with E-state index in [2.05, 4.69) is 20.8 Å². The fraction of sp³-hybridized carbons (Fsp3) is 0.120. The van der Waals surface area contributed by atoms with Gasteiger partial charge < -0.3 is 10.6 Å². The van der Waals surface area contributed by atoms with Crippen molar-refractivity contribution in [1.29, 1.82) is 0 Å². The summed E-state index contributed by atoms with van der Waals surface area (Å²) in [5.41, 5.74) is -0.485. The molecule has 37 heavy (non-hydrogen) atoms. The third-order valence-corrected chi connectivity index (χ3v) is 5.99. The van der Waals surface area contributed by atoms with Crippen molar-refractivity contribution in [3.8, 4) is 5.69 Å². The first-order chi connectivity index (χ1) is 17.7. The number of carbonyl (C=O) groups is 2. The molecule has 0 spiro atoms. The maximum absolute atomic E-state index is 13.3. The second-order valence-corrected chi connectivity index (χ2v) is 8.58. The average Bonchev–Trinajstić information content (AvgIpc) is 3.30. The Morgan fingerprint density at radius 1 is 0.892 bits per heavy atom. The van der Waals surface area contributed by atoms with Crippen LogP contribution in [0, 0.1) is 5.82 Å². The van der Waals surface area contributed by atoms with E-state index in [4.69, 9.17) is 0 Å². The highest BCUT2D eigenvalue weighted by Gasteiger charge is 2.34. The number of hydrogen-bond donors (Lipinski definition) is 2. The second kappa shape index (κ2) is 11.2. The van der Waals surface area contributed by atoms with Crippen LogP contribution in [0.1, 0.15) is 21.7 Å². The zero-order chi connectivity index (χ0) is 26.4. The summed E-state index contributed by atoms with van der Waals surface area (Å²) in [5.74, 6) is -1.50. The number of benzene rings is 3. The molecular formula is C25H19F4N5O2S. The smallest absolute Gasteiger partial charge is 0.345 e. The standard InChI is InChI=1S/C25H19F4N5O2S/c26-16-10-12-17(13-11-16)31-22(35)15-37-24-33-32-21(34(24)18-6-2-1-3-7-18)14-30-23(36)19-8-4-5-9-20(19)25(27,28)29/h1-13H,14-15H2,(H,30,36)(H,31,35). The number of alkyl halides is 3. The molecule has 0 unspecified atom stereocenters. The fourth-order valence-corrected chi connectivity index (χ4v) is 4.16. The van der Waals surface area contributed by atoms with Crippen LogP contribution in [0.5, 0.6) is 0 Å². The van der Waals surface area contributed by atoms with Crippen LogP contribution in [-0.2, 0) is 17.5 Å². The van der Waals surface area contributed by atoms with Gasteiger partial charge >= 0.3 is 6.18 Å². The van der Waals surface area contributed by atoms with Gasteiger partial charge in [0.2, 0.25) is 5.91 Å². The topological polar surface area (TPSA) is 88.9 Å². The van der Waals surface area contributed by atoms with Crippen LogP contribution in [0.25, 0.3) is 5.69 Å². The number of nitrogens with one attached hydrogen (secondary N) is 2. The molecule has 1 heterocycles. The summed E-state index contributed by atoms with van der Waals surface area (Å²) in [6, 6.07) is 18.7.